The molecule has 0 spiro atoms. The van der Waals surface area contributed by atoms with Crippen LogP contribution in [0.3, 0.4) is 0 Å². The van der Waals surface area contributed by atoms with E-state index < -0.39 is 17.6 Å². The van der Waals surface area contributed by atoms with Gasteiger partial charge in [-0.1, -0.05) is 41.7 Å². The first kappa shape index (κ1) is 26.4. The summed E-state index contributed by atoms with van der Waals surface area (Å²) < 4.78 is 19.6. The third-order valence-electron chi connectivity index (χ3n) is 7.54. The number of hydrogen-bond acceptors (Lipinski definition) is 6. The zero-order chi connectivity index (χ0) is 26.3. The number of nitrogens with one attached hydrogen (secondary N) is 1. The number of halogens is 4. The Morgan fingerprint density at radius 1 is 1.24 bits per heavy atom. The number of ether oxygens (including phenoxy) is 1. The Hall–Kier alpha value is -2.20. The number of primary amides is 1. The van der Waals surface area contributed by atoms with Crippen molar-refractivity contribution in [1.29, 1.82) is 0 Å². The van der Waals surface area contributed by atoms with Crippen molar-refractivity contribution in [2.75, 3.05) is 23.4 Å². The SMILES string of the molecule is CC1(C(N)=O)CCC(N2C(=Nc3c(Cl)cc(Cl)cc3Cl)Cc3cnc(N[C@@H]4CCOC[C@H]4F)nc32)CC1. The summed E-state index contributed by atoms with van der Waals surface area (Å²) in [5, 5.41) is 4.24. The van der Waals surface area contributed by atoms with Gasteiger partial charge in [-0.05, 0) is 44.2 Å². The standard InChI is InChI=1S/C25H28Cl3FN6O2/c1-25(23(30)36)5-2-15(3-6-25)35-20(33-21-16(27)9-14(26)10-17(21)28)8-13-11-31-24(34-22(13)35)32-19-4-7-37-12-18(19)29/h9-11,15,18-19H,2-8,12H2,1H3,(H2,30,36)(H,31,32,34)/t15?,18-,19-,25?/m1/s1. The van der Waals surface area contributed by atoms with Gasteiger partial charge in [0.05, 0.1) is 22.7 Å². The summed E-state index contributed by atoms with van der Waals surface area (Å²) in [7, 11) is 0. The normalized spacial score (nSPS) is 28.8. The van der Waals surface area contributed by atoms with Gasteiger partial charge in [0.2, 0.25) is 11.9 Å². The number of fused-ring (bicyclic) bond motifs is 1. The summed E-state index contributed by atoms with van der Waals surface area (Å²) in [5.74, 6) is 1.48. The Labute approximate surface area is 229 Å². The Bertz CT molecular complexity index is 1210. The van der Waals surface area contributed by atoms with Crippen molar-refractivity contribution >= 4 is 64.0 Å². The summed E-state index contributed by atoms with van der Waals surface area (Å²) in [6.45, 7) is 2.45. The van der Waals surface area contributed by atoms with Crippen molar-refractivity contribution in [3.8, 4) is 0 Å². The van der Waals surface area contributed by atoms with Crippen molar-refractivity contribution < 1.29 is 13.9 Å². The predicted octanol–water partition coefficient (Wildman–Crippen LogP) is 5.50. The molecule has 0 unspecified atom stereocenters. The fraction of sp³-hybridized carbons (Fsp3) is 0.520. The van der Waals surface area contributed by atoms with Gasteiger partial charge in [-0.3, -0.25) is 4.79 Å². The number of rotatable bonds is 5. The largest absolute Gasteiger partial charge is 0.378 e. The maximum atomic E-state index is 14.4. The molecule has 2 aliphatic heterocycles. The molecule has 2 aromatic rings. The highest BCUT2D eigenvalue weighted by Crippen LogP contribution is 2.43. The fourth-order valence-corrected chi connectivity index (χ4v) is 6.10. The third kappa shape index (κ3) is 5.37. The molecule has 1 saturated heterocycles. The quantitative estimate of drug-likeness (QED) is 0.492. The number of amides is 1. The number of benzene rings is 1. The van der Waals surface area contributed by atoms with Gasteiger partial charge in [0.1, 0.15) is 23.5 Å². The molecule has 12 heteroatoms. The Balaban J connectivity index is 1.50. The minimum atomic E-state index is -1.14. The van der Waals surface area contributed by atoms with E-state index in [0.29, 0.717) is 64.8 Å². The lowest BCUT2D eigenvalue weighted by Gasteiger charge is -2.39. The van der Waals surface area contributed by atoms with E-state index in [2.05, 4.69) is 15.2 Å². The number of anilines is 2. The van der Waals surface area contributed by atoms with E-state index >= 15 is 0 Å². The average Bonchev–Trinajstić information content (AvgIpc) is 3.20. The molecule has 37 heavy (non-hydrogen) atoms. The second kappa shape index (κ2) is 10.5. The molecule has 3 aliphatic rings. The first-order valence-corrected chi connectivity index (χ1v) is 13.4. The summed E-state index contributed by atoms with van der Waals surface area (Å²) in [5.41, 5.74) is 6.45. The van der Waals surface area contributed by atoms with Gasteiger partial charge in [0, 0.05) is 41.3 Å². The number of aromatic nitrogens is 2. The van der Waals surface area contributed by atoms with Gasteiger partial charge >= 0.3 is 0 Å². The van der Waals surface area contributed by atoms with Crippen molar-refractivity contribution in [3.05, 3.63) is 39.0 Å². The van der Waals surface area contributed by atoms with Crippen LogP contribution < -0.4 is 16.0 Å². The molecule has 1 amide bonds. The maximum Gasteiger partial charge on any atom is 0.224 e. The number of aliphatic imine (C=N–C) groups is 1. The van der Waals surface area contributed by atoms with E-state index in [4.69, 9.17) is 55.2 Å². The number of nitrogens with two attached hydrogens (primary N) is 1. The van der Waals surface area contributed by atoms with Crippen LogP contribution in [-0.4, -0.2) is 53.2 Å². The van der Waals surface area contributed by atoms with E-state index in [-0.39, 0.29) is 18.6 Å². The highest BCUT2D eigenvalue weighted by molar-refractivity contribution is 6.41. The van der Waals surface area contributed by atoms with Gasteiger partial charge < -0.3 is 20.7 Å². The molecular weight excluding hydrogens is 542 g/mol. The molecule has 3 heterocycles. The van der Waals surface area contributed by atoms with E-state index in [0.717, 1.165) is 24.2 Å². The van der Waals surface area contributed by atoms with Gasteiger partial charge in [0.15, 0.2) is 0 Å². The number of alkyl halides is 1. The van der Waals surface area contributed by atoms with Crippen LogP contribution >= 0.6 is 34.8 Å². The van der Waals surface area contributed by atoms with Crippen LogP contribution in [0.25, 0.3) is 0 Å². The number of nitrogens with zero attached hydrogens (tertiary/aromatic N) is 4. The van der Waals surface area contributed by atoms with Crippen LogP contribution in [0.4, 0.5) is 21.8 Å². The average molecular weight is 570 g/mol. The summed E-state index contributed by atoms with van der Waals surface area (Å²) in [6, 6.07) is 2.80. The first-order valence-electron chi connectivity index (χ1n) is 12.3. The van der Waals surface area contributed by atoms with Crippen molar-refractivity contribution in [3.63, 3.8) is 0 Å². The molecule has 8 nitrogen and oxygen atoms in total. The Morgan fingerprint density at radius 3 is 2.59 bits per heavy atom. The van der Waals surface area contributed by atoms with Crippen molar-refractivity contribution in [1.82, 2.24) is 9.97 Å². The molecule has 1 saturated carbocycles. The van der Waals surface area contributed by atoms with Crippen molar-refractivity contribution in [2.24, 2.45) is 16.1 Å². The van der Waals surface area contributed by atoms with Gasteiger partial charge in [-0.15, -0.1) is 0 Å². The number of hydrogen-bond donors (Lipinski definition) is 2. The topological polar surface area (TPSA) is 106 Å². The minimum absolute atomic E-state index is 0.0250. The Kier molecular flexibility index (Phi) is 7.51. The van der Waals surface area contributed by atoms with Crippen LogP contribution in [-0.2, 0) is 16.0 Å². The summed E-state index contributed by atoms with van der Waals surface area (Å²) in [6.07, 6.45) is 4.34. The van der Waals surface area contributed by atoms with E-state index in [1.807, 2.05) is 6.92 Å². The van der Waals surface area contributed by atoms with Gasteiger partial charge in [-0.2, -0.15) is 4.98 Å². The monoisotopic (exact) mass is 568 g/mol. The molecule has 0 radical (unpaired) electrons. The second-order valence-electron chi connectivity index (χ2n) is 10.1. The molecule has 1 aromatic heterocycles. The number of carbonyl (C=O) groups is 1. The lowest BCUT2D eigenvalue weighted by Crippen LogP contribution is -2.46. The highest BCUT2D eigenvalue weighted by Gasteiger charge is 2.41. The van der Waals surface area contributed by atoms with Crippen LogP contribution in [0.5, 0.6) is 0 Å². The van der Waals surface area contributed by atoms with Crippen LogP contribution in [0, 0.1) is 5.41 Å². The predicted molar refractivity (Wildman–Crippen MR) is 144 cm³/mol. The molecule has 3 N–H and O–H groups in total. The smallest absolute Gasteiger partial charge is 0.224 e. The van der Waals surface area contributed by atoms with Crippen LogP contribution in [0.15, 0.2) is 23.3 Å². The van der Waals surface area contributed by atoms with Crippen LogP contribution in [0.1, 0.15) is 44.6 Å². The van der Waals surface area contributed by atoms with Gasteiger partial charge in [-0.25, -0.2) is 14.4 Å². The van der Waals surface area contributed by atoms with E-state index in [1.54, 1.807) is 18.3 Å². The lowest BCUT2D eigenvalue weighted by atomic mass is 9.73. The maximum absolute atomic E-state index is 14.4. The second-order valence-corrected chi connectivity index (χ2v) is 11.4. The molecule has 198 valence electrons. The van der Waals surface area contributed by atoms with E-state index in [9.17, 15) is 9.18 Å². The number of carbonyl (C=O) groups excluding carboxylic acids is 1. The molecule has 0 bridgehead atoms. The Morgan fingerprint density at radius 2 is 1.95 bits per heavy atom. The van der Waals surface area contributed by atoms with Gasteiger partial charge in [0.25, 0.3) is 0 Å². The molecule has 1 aromatic carbocycles. The lowest BCUT2D eigenvalue weighted by molar-refractivity contribution is -0.128. The molecule has 5 rings (SSSR count). The zero-order valence-corrected chi connectivity index (χ0v) is 22.6. The molecule has 1 aliphatic carbocycles. The third-order valence-corrected chi connectivity index (χ3v) is 8.33. The summed E-state index contributed by atoms with van der Waals surface area (Å²) in [4.78, 5) is 28.2. The first-order chi connectivity index (χ1) is 17.6. The zero-order valence-electron chi connectivity index (χ0n) is 20.3. The molecule has 2 atom stereocenters. The summed E-state index contributed by atoms with van der Waals surface area (Å²) >= 11 is 19.0. The van der Waals surface area contributed by atoms with Crippen molar-refractivity contribution in [2.45, 2.75) is 63.7 Å². The highest BCUT2D eigenvalue weighted by atomic mass is 35.5. The molecule has 2 fully saturated rings. The number of amidine groups is 1. The fourth-order valence-electron chi connectivity index (χ4n) is 5.20. The van der Waals surface area contributed by atoms with Crippen LogP contribution in [0.2, 0.25) is 15.1 Å². The minimum Gasteiger partial charge on any atom is -0.378 e. The molecular formula is C25H28Cl3FN6O2. The van der Waals surface area contributed by atoms with E-state index in [1.165, 1.54) is 0 Å².